The van der Waals surface area contributed by atoms with Gasteiger partial charge < -0.3 is 0 Å². The van der Waals surface area contributed by atoms with E-state index in [4.69, 9.17) is 0 Å². The third-order valence-corrected chi connectivity index (χ3v) is 1.83. The maximum absolute atomic E-state index is 11.2. The fourth-order valence-electron chi connectivity index (χ4n) is 1.16. The lowest BCUT2D eigenvalue weighted by Crippen LogP contribution is -1.93. The van der Waals surface area contributed by atoms with Crippen LogP contribution < -0.4 is 0 Å². The van der Waals surface area contributed by atoms with E-state index >= 15 is 0 Å². The topological polar surface area (TPSA) is 17.1 Å². The predicted octanol–water partition coefficient (Wildman–Crippen LogP) is 3.49. The van der Waals surface area contributed by atoms with Crippen LogP contribution in [0, 0.1) is 0 Å². The lowest BCUT2D eigenvalue weighted by Gasteiger charge is -1.97. The summed E-state index contributed by atoms with van der Waals surface area (Å²) in [5.74, 6) is 0.294. The second-order valence-corrected chi connectivity index (χ2v) is 3.31. The van der Waals surface area contributed by atoms with Gasteiger partial charge in [0.05, 0.1) is 0 Å². The van der Waals surface area contributed by atoms with Crippen molar-refractivity contribution in [2.75, 3.05) is 0 Å². The van der Waals surface area contributed by atoms with Gasteiger partial charge in [-0.1, -0.05) is 32.3 Å². The Balaban J connectivity index is 3.71. The molecule has 0 aliphatic rings. The third kappa shape index (κ3) is 6.14. The normalized spacial score (nSPS) is 11.8. The van der Waals surface area contributed by atoms with Gasteiger partial charge in [0.25, 0.3) is 0 Å². The van der Waals surface area contributed by atoms with Gasteiger partial charge in [-0.2, -0.15) is 0 Å². The standard InChI is InChI=1S/C11H20O/c1-4-6-8-11(12)9-10(3)7-5-2/h9H,4-8H2,1-3H3/b10-9-. The van der Waals surface area contributed by atoms with Gasteiger partial charge >= 0.3 is 0 Å². The number of ketones is 1. The van der Waals surface area contributed by atoms with Crippen LogP contribution in [0.1, 0.15) is 52.9 Å². The maximum atomic E-state index is 11.2. The molecule has 0 radical (unpaired) electrons. The van der Waals surface area contributed by atoms with Crippen molar-refractivity contribution in [1.29, 1.82) is 0 Å². The number of carbonyl (C=O) groups excluding carboxylic acids is 1. The van der Waals surface area contributed by atoms with E-state index in [0.29, 0.717) is 5.78 Å². The molecule has 0 aliphatic carbocycles. The summed E-state index contributed by atoms with van der Waals surface area (Å²) in [4.78, 5) is 11.2. The average molecular weight is 168 g/mol. The Kier molecular flexibility index (Phi) is 6.73. The van der Waals surface area contributed by atoms with Crippen molar-refractivity contribution in [2.24, 2.45) is 0 Å². The Morgan fingerprint density at radius 1 is 1.17 bits per heavy atom. The van der Waals surface area contributed by atoms with Crippen LogP contribution in [-0.4, -0.2) is 5.78 Å². The molecular formula is C11H20O. The number of allylic oxidation sites excluding steroid dienone is 2. The minimum absolute atomic E-state index is 0.294. The second kappa shape index (κ2) is 7.08. The summed E-state index contributed by atoms with van der Waals surface area (Å²) in [6.07, 6.45) is 6.83. The molecular weight excluding hydrogens is 148 g/mol. The first-order valence-corrected chi connectivity index (χ1v) is 4.90. The summed E-state index contributed by atoms with van der Waals surface area (Å²) in [6, 6.07) is 0. The largest absolute Gasteiger partial charge is 0.295 e. The molecule has 0 atom stereocenters. The minimum atomic E-state index is 0.294. The van der Waals surface area contributed by atoms with Crippen molar-refractivity contribution in [3.05, 3.63) is 11.6 Å². The molecule has 0 rings (SSSR count). The van der Waals surface area contributed by atoms with E-state index in [1.54, 1.807) is 6.08 Å². The van der Waals surface area contributed by atoms with Crippen molar-refractivity contribution < 1.29 is 4.79 Å². The minimum Gasteiger partial charge on any atom is -0.295 e. The zero-order chi connectivity index (χ0) is 9.40. The highest BCUT2D eigenvalue weighted by atomic mass is 16.1. The van der Waals surface area contributed by atoms with Crippen molar-refractivity contribution in [2.45, 2.75) is 52.9 Å². The summed E-state index contributed by atoms with van der Waals surface area (Å²) >= 11 is 0. The molecule has 1 nitrogen and oxygen atoms in total. The highest BCUT2D eigenvalue weighted by Gasteiger charge is 1.96. The van der Waals surface area contributed by atoms with Crippen LogP contribution >= 0.6 is 0 Å². The molecule has 0 saturated carbocycles. The Morgan fingerprint density at radius 2 is 1.83 bits per heavy atom. The summed E-state index contributed by atoms with van der Waals surface area (Å²) < 4.78 is 0. The lowest BCUT2D eigenvalue weighted by molar-refractivity contribution is -0.114. The van der Waals surface area contributed by atoms with E-state index in [9.17, 15) is 4.79 Å². The van der Waals surface area contributed by atoms with Crippen LogP contribution in [0.4, 0.5) is 0 Å². The highest BCUT2D eigenvalue weighted by molar-refractivity contribution is 5.90. The molecule has 0 heterocycles. The Bertz CT molecular complexity index is 156. The molecule has 0 N–H and O–H groups in total. The molecule has 0 aromatic carbocycles. The van der Waals surface area contributed by atoms with Crippen LogP contribution in [0.5, 0.6) is 0 Å². The molecule has 0 unspecified atom stereocenters. The maximum Gasteiger partial charge on any atom is 0.155 e. The van der Waals surface area contributed by atoms with E-state index in [2.05, 4.69) is 13.8 Å². The summed E-state index contributed by atoms with van der Waals surface area (Å²) in [6.45, 7) is 6.27. The molecule has 0 amide bonds. The molecule has 0 aromatic rings. The van der Waals surface area contributed by atoms with Crippen LogP contribution in [-0.2, 0) is 4.79 Å². The number of carbonyl (C=O) groups is 1. The molecule has 1 heteroatoms. The van der Waals surface area contributed by atoms with Crippen molar-refractivity contribution in [1.82, 2.24) is 0 Å². The predicted molar refractivity (Wildman–Crippen MR) is 53.2 cm³/mol. The average Bonchev–Trinajstić information content (AvgIpc) is 2.01. The van der Waals surface area contributed by atoms with Crippen LogP contribution in [0.3, 0.4) is 0 Å². The lowest BCUT2D eigenvalue weighted by atomic mass is 10.1. The summed E-state index contributed by atoms with van der Waals surface area (Å²) in [7, 11) is 0. The first-order valence-electron chi connectivity index (χ1n) is 4.90. The van der Waals surface area contributed by atoms with Gasteiger partial charge in [0, 0.05) is 6.42 Å². The summed E-state index contributed by atoms with van der Waals surface area (Å²) in [5, 5.41) is 0. The molecule has 70 valence electrons. The zero-order valence-corrected chi connectivity index (χ0v) is 8.52. The third-order valence-electron chi connectivity index (χ3n) is 1.83. The monoisotopic (exact) mass is 168 g/mol. The second-order valence-electron chi connectivity index (χ2n) is 3.31. The molecule has 0 aromatic heterocycles. The van der Waals surface area contributed by atoms with Gasteiger partial charge in [-0.25, -0.2) is 0 Å². The molecule has 12 heavy (non-hydrogen) atoms. The first kappa shape index (κ1) is 11.4. The van der Waals surface area contributed by atoms with E-state index in [0.717, 1.165) is 32.1 Å². The Labute approximate surface area is 75.9 Å². The molecule has 0 saturated heterocycles. The Morgan fingerprint density at radius 3 is 2.33 bits per heavy atom. The number of hydrogen-bond acceptors (Lipinski definition) is 1. The van der Waals surface area contributed by atoms with E-state index < -0.39 is 0 Å². The summed E-state index contributed by atoms with van der Waals surface area (Å²) in [5.41, 5.74) is 1.22. The van der Waals surface area contributed by atoms with Crippen LogP contribution in [0.15, 0.2) is 11.6 Å². The van der Waals surface area contributed by atoms with Crippen LogP contribution in [0.2, 0.25) is 0 Å². The molecule has 0 bridgehead atoms. The molecule has 0 spiro atoms. The zero-order valence-electron chi connectivity index (χ0n) is 8.52. The molecule has 0 aliphatic heterocycles. The number of rotatable bonds is 6. The van der Waals surface area contributed by atoms with Gasteiger partial charge in [0.15, 0.2) is 5.78 Å². The van der Waals surface area contributed by atoms with Gasteiger partial charge in [0.2, 0.25) is 0 Å². The van der Waals surface area contributed by atoms with Crippen molar-refractivity contribution in [3.8, 4) is 0 Å². The quantitative estimate of drug-likeness (QED) is 0.555. The number of unbranched alkanes of at least 4 members (excludes halogenated alkanes) is 1. The van der Waals surface area contributed by atoms with Gasteiger partial charge in [-0.15, -0.1) is 0 Å². The van der Waals surface area contributed by atoms with Crippen molar-refractivity contribution >= 4 is 5.78 Å². The number of hydrogen-bond donors (Lipinski definition) is 0. The van der Waals surface area contributed by atoms with Gasteiger partial charge in [-0.3, -0.25) is 4.79 Å². The molecule has 0 fully saturated rings. The first-order chi connectivity index (χ1) is 5.70. The smallest absolute Gasteiger partial charge is 0.155 e. The van der Waals surface area contributed by atoms with Gasteiger partial charge in [-0.05, 0) is 25.8 Å². The van der Waals surface area contributed by atoms with E-state index in [-0.39, 0.29) is 0 Å². The van der Waals surface area contributed by atoms with Crippen molar-refractivity contribution in [3.63, 3.8) is 0 Å². The Hall–Kier alpha value is -0.590. The fraction of sp³-hybridized carbons (Fsp3) is 0.727. The highest BCUT2D eigenvalue weighted by Crippen LogP contribution is 2.05. The SMILES string of the molecule is CCCCC(=O)/C=C(/C)CCC. The van der Waals surface area contributed by atoms with E-state index in [1.807, 2.05) is 6.92 Å². The fourth-order valence-corrected chi connectivity index (χ4v) is 1.16. The van der Waals surface area contributed by atoms with E-state index in [1.165, 1.54) is 5.57 Å². The van der Waals surface area contributed by atoms with Gasteiger partial charge in [0.1, 0.15) is 0 Å². The van der Waals surface area contributed by atoms with Crippen LogP contribution in [0.25, 0.3) is 0 Å².